The predicted octanol–water partition coefficient (Wildman–Crippen LogP) is 6.22. The summed E-state index contributed by atoms with van der Waals surface area (Å²) in [6, 6.07) is 21.6. The van der Waals surface area contributed by atoms with Crippen molar-refractivity contribution in [1.29, 1.82) is 0 Å². The Morgan fingerprint density at radius 3 is 2.08 bits per heavy atom. The van der Waals surface area contributed by atoms with Crippen molar-refractivity contribution in [2.24, 2.45) is 0 Å². The first-order valence-electron chi connectivity index (χ1n) is 8.78. The van der Waals surface area contributed by atoms with Gasteiger partial charge in [-0.2, -0.15) is 0 Å². The Morgan fingerprint density at radius 2 is 1.42 bits per heavy atom. The van der Waals surface area contributed by atoms with Crippen LogP contribution in [0.15, 0.2) is 60.7 Å². The average molecular weight is 334 g/mol. The van der Waals surface area contributed by atoms with Crippen LogP contribution in [0.25, 0.3) is 21.8 Å². The summed E-state index contributed by atoms with van der Waals surface area (Å²) in [4.78, 5) is 4.97. The first kappa shape index (κ1) is 15.4. The van der Waals surface area contributed by atoms with Crippen LogP contribution in [0.2, 0.25) is 0 Å². The SMILES string of the molecule is c1ccc(-c2nc(-c3ccccc3)c(NC3CCCCC3)s2)cc1. The van der Waals surface area contributed by atoms with Crippen molar-refractivity contribution in [3.05, 3.63) is 60.7 Å². The van der Waals surface area contributed by atoms with Gasteiger partial charge >= 0.3 is 0 Å². The second kappa shape index (κ2) is 7.18. The van der Waals surface area contributed by atoms with Gasteiger partial charge in [-0.05, 0) is 12.8 Å². The molecule has 1 aliphatic rings. The van der Waals surface area contributed by atoms with E-state index in [1.165, 1.54) is 48.2 Å². The summed E-state index contributed by atoms with van der Waals surface area (Å²) >= 11 is 1.78. The quantitative estimate of drug-likeness (QED) is 0.612. The van der Waals surface area contributed by atoms with Gasteiger partial charge in [-0.1, -0.05) is 91.3 Å². The fourth-order valence-corrected chi connectivity index (χ4v) is 4.42. The second-order valence-corrected chi connectivity index (χ2v) is 7.41. The Morgan fingerprint density at radius 1 is 0.792 bits per heavy atom. The van der Waals surface area contributed by atoms with Gasteiger partial charge in [-0.25, -0.2) is 4.98 Å². The Balaban J connectivity index is 1.71. The van der Waals surface area contributed by atoms with Crippen LogP contribution in [0.3, 0.4) is 0 Å². The van der Waals surface area contributed by atoms with Crippen molar-refractivity contribution >= 4 is 16.3 Å². The second-order valence-electron chi connectivity index (χ2n) is 6.41. The van der Waals surface area contributed by atoms with Gasteiger partial charge in [0.1, 0.15) is 15.7 Å². The van der Waals surface area contributed by atoms with Crippen LogP contribution in [-0.4, -0.2) is 11.0 Å². The Hall–Kier alpha value is -2.13. The molecule has 1 saturated carbocycles. The summed E-state index contributed by atoms with van der Waals surface area (Å²) in [5.74, 6) is 0. The number of nitrogens with zero attached hydrogens (tertiary/aromatic N) is 1. The van der Waals surface area contributed by atoms with E-state index >= 15 is 0 Å². The number of hydrogen-bond donors (Lipinski definition) is 1. The molecule has 0 aliphatic heterocycles. The number of anilines is 1. The van der Waals surface area contributed by atoms with Crippen LogP contribution < -0.4 is 5.32 Å². The van der Waals surface area contributed by atoms with Gasteiger partial charge in [0.2, 0.25) is 0 Å². The largest absolute Gasteiger partial charge is 0.372 e. The molecule has 3 aromatic rings. The van der Waals surface area contributed by atoms with Gasteiger partial charge < -0.3 is 5.32 Å². The molecule has 1 fully saturated rings. The van der Waals surface area contributed by atoms with Crippen molar-refractivity contribution < 1.29 is 0 Å². The zero-order valence-electron chi connectivity index (χ0n) is 13.7. The first-order valence-corrected chi connectivity index (χ1v) is 9.60. The zero-order chi connectivity index (χ0) is 16.2. The molecule has 0 spiro atoms. The summed E-state index contributed by atoms with van der Waals surface area (Å²) in [7, 11) is 0. The van der Waals surface area contributed by atoms with Crippen LogP contribution in [0, 0.1) is 0 Å². The summed E-state index contributed by atoms with van der Waals surface area (Å²) in [5.41, 5.74) is 3.47. The van der Waals surface area contributed by atoms with Crippen LogP contribution in [0.1, 0.15) is 32.1 Å². The van der Waals surface area contributed by atoms with Gasteiger partial charge in [0.25, 0.3) is 0 Å². The molecule has 1 N–H and O–H groups in total. The molecule has 24 heavy (non-hydrogen) atoms. The van der Waals surface area contributed by atoms with Gasteiger partial charge in [-0.3, -0.25) is 0 Å². The first-order chi connectivity index (χ1) is 11.9. The number of benzene rings is 2. The molecule has 4 rings (SSSR count). The minimum Gasteiger partial charge on any atom is -0.372 e. The molecule has 0 atom stereocenters. The third-order valence-corrected chi connectivity index (χ3v) is 5.67. The van der Waals surface area contributed by atoms with Crippen molar-refractivity contribution in [2.45, 2.75) is 38.1 Å². The summed E-state index contributed by atoms with van der Waals surface area (Å²) in [5, 5.41) is 6.10. The van der Waals surface area contributed by atoms with E-state index in [4.69, 9.17) is 4.98 Å². The van der Waals surface area contributed by atoms with E-state index in [2.05, 4.69) is 66.0 Å². The van der Waals surface area contributed by atoms with E-state index in [9.17, 15) is 0 Å². The highest BCUT2D eigenvalue weighted by Crippen LogP contribution is 2.39. The van der Waals surface area contributed by atoms with Crippen molar-refractivity contribution in [2.75, 3.05) is 5.32 Å². The van der Waals surface area contributed by atoms with Gasteiger partial charge in [0.05, 0.1) is 0 Å². The Kier molecular flexibility index (Phi) is 4.61. The summed E-state index contributed by atoms with van der Waals surface area (Å²) in [6.07, 6.45) is 6.59. The summed E-state index contributed by atoms with van der Waals surface area (Å²) < 4.78 is 0. The standard InChI is InChI=1S/C21H22N2S/c1-4-10-16(11-5-1)19-21(22-18-14-8-3-9-15-18)24-20(23-19)17-12-6-2-7-13-17/h1-2,4-7,10-13,18,22H,3,8-9,14-15H2. The number of nitrogens with one attached hydrogen (secondary N) is 1. The van der Waals surface area contributed by atoms with Crippen LogP contribution in [0.4, 0.5) is 5.00 Å². The highest BCUT2D eigenvalue weighted by Gasteiger charge is 2.19. The normalized spacial score (nSPS) is 15.3. The molecular weight excluding hydrogens is 312 g/mol. The molecule has 1 aliphatic carbocycles. The van der Waals surface area contributed by atoms with Gasteiger partial charge in [0.15, 0.2) is 0 Å². The number of hydrogen-bond acceptors (Lipinski definition) is 3. The van der Waals surface area contributed by atoms with Gasteiger partial charge in [-0.15, -0.1) is 0 Å². The molecule has 0 amide bonds. The van der Waals surface area contributed by atoms with E-state index in [0.717, 1.165) is 10.7 Å². The fourth-order valence-electron chi connectivity index (χ4n) is 3.35. The molecule has 2 aromatic carbocycles. The number of thiazole rings is 1. The highest BCUT2D eigenvalue weighted by atomic mass is 32.1. The van der Waals surface area contributed by atoms with Gasteiger partial charge in [0, 0.05) is 17.2 Å². The smallest absolute Gasteiger partial charge is 0.126 e. The molecular formula is C21H22N2S. The highest BCUT2D eigenvalue weighted by molar-refractivity contribution is 7.19. The fraction of sp³-hybridized carbons (Fsp3) is 0.286. The van der Waals surface area contributed by atoms with E-state index in [0.29, 0.717) is 6.04 Å². The molecule has 2 nitrogen and oxygen atoms in total. The van der Waals surface area contributed by atoms with E-state index in [-0.39, 0.29) is 0 Å². The molecule has 0 saturated heterocycles. The van der Waals surface area contributed by atoms with Crippen molar-refractivity contribution in [3.8, 4) is 21.8 Å². The Bertz CT molecular complexity index is 774. The monoisotopic (exact) mass is 334 g/mol. The molecule has 0 bridgehead atoms. The minimum atomic E-state index is 0.588. The summed E-state index contributed by atoms with van der Waals surface area (Å²) in [6.45, 7) is 0. The van der Waals surface area contributed by atoms with Crippen molar-refractivity contribution in [1.82, 2.24) is 4.98 Å². The lowest BCUT2D eigenvalue weighted by molar-refractivity contribution is 0.463. The Labute approximate surface area is 147 Å². The van der Waals surface area contributed by atoms with Crippen LogP contribution in [-0.2, 0) is 0 Å². The maximum Gasteiger partial charge on any atom is 0.126 e. The lowest BCUT2D eigenvalue weighted by Gasteiger charge is -2.23. The maximum absolute atomic E-state index is 4.97. The van der Waals surface area contributed by atoms with E-state index in [1.54, 1.807) is 11.3 Å². The predicted molar refractivity (Wildman–Crippen MR) is 103 cm³/mol. The molecule has 0 unspecified atom stereocenters. The lowest BCUT2D eigenvalue weighted by Crippen LogP contribution is -2.21. The zero-order valence-corrected chi connectivity index (χ0v) is 14.6. The molecule has 1 heterocycles. The third kappa shape index (κ3) is 3.36. The molecule has 122 valence electrons. The van der Waals surface area contributed by atoms with E-state index in [1.807, 2.05) is 0 Å². The minimum absolute atomic E-state index is 0.588. The molecule has 3 heteroatoms. The average Bonchev–Trinajstić information content (AvgIpc) is 3.08. The van der Waals surface area contributed by atoms with E-state index < -0.39 is 0 Å². The van der Waals surface area contributed by atoms with Crippen molar-refractivity contribution in [3.63, 3.8) is 0 Å². The van der Waals surface area contributed by atoms with Crippen LogP contribution in [0.5, 0.6) is 0 Å². The maximum atomic E-state index is 4.97. The number of aromatic nitrogens is 1. The van der Waals surface area contributed by atoms with Crippen LogP contribution >= 0.6 is 11.3 Å². The third-order valence-electron chi connectivity index (χ3n) is 4.64. The lowest BCUT2D eigenvalue weighted by atomic mass is 9.95. The topological polar surface area (TPSA) is 24.9 Å². The molecule has 1 aromatic heterocycles. The number of rotatable bonds is 4. The molecule has 0 radical (unpaired) electrons.